The van der Waals surface area contributed by atoms with Gasteiger partial charge in [0.15, 0.2) is 0 Å². The van der Waals surface area contributed by atoms with Gasteiger partial charge in [0.25, 0.3) is 9.05 Å². The second-order valence-electron chi connectivity index (χ2n) is 3.00. The van der Waals surface area contributed by atoms with Gasteiger partial charge in [-0.15, -0.1) is 0 Å². The third kappa shape index (κ3) is 2.94. The summed E-state index contributed by atoms with van der Waals surface area (Å²) < 4.78 is 22.4. The molecule has 0 aliphatic heterocycles. The highest BCUT2D eigenvalue weighted by Gasteiger charge is 2.13. The molecule has 0 saturated carbocycles. The molecule has 2 nitrogen and oxygen atoms in total. The van der Waals surface area contributed by atoms with Crippen LogP contribution in [0.15, 0.2) is 41.8 Å². The lowest BCUT2D eigenvalue weighted by Crippen LogP contribution is -1.95. The Morgan fingerprint density at radius 1 is 1.40 bits per heavy atom. The second-order valence-corrected chi connectivity index (χ2v) is 5.54. The Balaban J connectivity index is 3.36. The molecule has 0 N–H and O–H groups in total. The van der Waals surface area contributed by atoms with E-state index in [2.05, 4.69) is 6.58 Å². The van der Waals surface area contributed by atoms with Crippen LogP contribution in [0, 0.1) is 6.92 Å². The molecule has 0 spiro atoms. The van der Waals surface area contributed by atoms with Crippen molar-refractivity contribution >= 4 is 25.8 Å². The molecule has 15 heavy (non-hydrogen) atoms. The lowest BCUT2D eigenvalue weighted by molar-refractivity contribution is 0.609. The van der Waals surface area contributed by atoms with Gasteiger partial charge >= 0.3 is 0 Å². The zero-order valence-corrected chi connectivity index (χ0v) is 9.85. The van der Waals surface area contributed by atoms with Crippen molar-refractivity contribution in [2.45, 2.75) is 11.8 Å². The van der Waals surface area contributed by atoms with Crippen molar-refractivity contribution in [2.75, 3.05) is 0 Å². The van der Waals surface area contributed by atoms with Crippen LogP contribution < -0.4 is 0 Å². The minimum Gasteiger partial charge on any atom is -0.207 e. The second kappa shape index (κ2) is 4.64. The molecule has 0 aliphatic rings. The molecule has 0 fully saturated rings. The first kappa shape index (κ1) is 12.0. The van der Waals surface area contributed by atoms with Gasteiger partial charge in [-0.3, -0.25) is 0 Å². The van der Waals surface area contributed by atoms with Crippen molar-refractivity contribution in [3.8, 4) is 0 Å². The Kier molecular flexibility index (Phi) is 3.72. The molecule has 0 atom stereocenters. The fraction of sp³-hybridized carbons (Fsp3) is 0.0909. The van der Waals surface area contributed by atoms with Gasteiger partial charge in [0.05, 0.1) is 4.90 Å². The molecular weight excluding hydrogens is 232 g/mol. The number of benzene rings is 1. The Morgan fingerprint density at radius 3 is 2.60 bits per heavy atom. The van der Waals surface area contributed by atoms with Crippen molar-refractivity contribution in [2.24, 2.45) is 0 Å². The molecule has 0 heterocycles. The first-order valence-corrected chi connectivity index (χ1v) is 6.61. The van der Waals surface area contributed by atoms with E-state index in [0.717, 1.165) is 5.56 Å². The van der Waals surface area contributed by atoms with Gasteiger partial charge in [-0.1, -0.05) is 36.9 Å². The van der Waals surface area contributed by atoms with E-state index >= 15 is 0 Å². The number of rotatable bonds is 3. The van der Waals surface area contributed by atoms with Gasteiger partial charge < -0.3 is 0 Å². The molecule has 0 aromatic heterocycles. The summed E-state index contributed by atoms with van der Waals surface area (Å²) >= 11 is 0. The molecule has 1 rings (SSSR count). The lowest BCUT2D eigenvalue weighted by atomic mass is 10.1. The summed E-state index contributed by atoms with van der Waals surface area (Å²) in [7, 11) is 1.63. The van der Waals surface area contributed by atoms with E-state index in [4.69, 9.17) is 10.7 Å². The predicted molar refractivity (Wildman–Crippen MR) is 63.4 cm³/mol. The standard InChI is InChI=1S/C11H11ClO2S/c1-3-4-6-10-7-5-8-11(9(10)2)15(12,13)14/h3-8H,1H2,2H3/b6-4-. The summed E-state index contributed by atoms with van der Waals surface area (Å²) in [6, 6.07) is 4.97. The first-order valence-electron chi connectivity index (χ1n) is 4.30. The molecule has 0 radical (unpaired) electrons. The van der Waals surface area contributed by atoms with Crippen molar-refractivity contribution in [1.29, 1.82) is 0 Å². The maximum Gasteiger partial charge on any atom is 0.261 e. The lowest BCUT2D eigenvalue weighted by Gasteiger charge is -2.04. The van der Waals surface area contributed by atoms with Crippen molar-refractivity contribution in [1.82, 2.24) is 0 Å². The quantitative estimate of drug-likeness (QED) is 0.603. The Hall–Kier alpha value is -1.06. The highest BCUT2D eigenvalue weighted by Crippen LogP contribution is 2.23. The van der Waals surface area contributed by atoms with Crippen LogP contribution in [0.1, 0.15) is 11.1 Å². The zero-order valence-electron chi connectivity index (χ0n) is 8.27. The largest absolute Gasteiger partial charge is 0.261 e. The fourth-order valence-corrected chi connectivity index (χ4v) is 2.47. The number of halogens is 1. The van der Waals surface area contributed by atoms with E-state index in [1.807, 2.05) is 6.07 Å². The van der Waals surface area contributed by atoms with Crippen molar-refractivity contribution in [3.63, 3.8) is 0 Å². The van der Waals surface area contributed by atoms with Gasteiger partial charge in [0, 0.05) is 10.7 Å². The van der Waals surface area contributed by atoms with Crippen LogP contribution in [0.4, 0.5) is 0 Å². The highest BCUT2D eigenvalue weighted by atomic mass is 35.7. The van der Waals surface area contributed by atoms with Gasteiger partial charge in [-0.2, -0.15) is 0 Å². The molecule has 4 heteroatoms. The van der Waals surface area contributed by atoms with Crippen LogP contribution in [0.2, 0.25) is 0 Å². The average Bonchev–Trinajstić information content (AvgIpc) is 2.14. The van der Waals surface area contributed by atoms with E-state index in [1.165, 1.54) is 6.07 Å². The van der Waals surface area contributed by atoms with E-state index in [0.29, 0.717) is 5.56 Å². The van der Waals surface area contributed by atoms with Crippen LogP contribution >= 0.6 is 10.7 Å². The molecule has 0 unspecified atom stereocenters. The van der Waals surface area contributed by atoms with Crippen molar-refractivity contribution in [3.05, 3.63) is 48.1 Å². The van der Waals surface area contributed by atoms with Gasteiger partial charge in [-0.05, 0) is 24.1 Å². The van der Waals surface area contributed by atoms with Crippen molar-refractivity contribution < 1.29 is 8.42 Å². The molecule has 1 aromatic carbocycles. The smallest absolute Gasteiger partial charge is 0.207 e. The molecule has 0 saturated heterocycles. The third-order valence-electron chi connectivity index (χ3n) is 2.00. The maximum atomic E-state index is 11.2. The SMILES string of the molecule is C=C/C=C\c1cccc(S(=O)(=O)Cl)c1C. The normalized spacial score (nSPS) is 11.9. The zero-order chi connectivity index (χ0) is 11.5. The van der Waals surface area contributed by atoms with Gasteiger partial charge in [0.1, 0.15) is 0 Å². The Labute approximate surface area is 94.3 Å². The van der Waals surface area contributed by atoms with Crippen LogP contribution in [0.5, 0.6) is 0 Å². The number of hydrogen-bond acceptors (Lipinski definition) is 2. The van der Waals surface area contributed by atoms with E-state index < -0.39 is 9.05 Å². The summed E-state index contributed by atoms with van der Waals surface area (Å²) in [6.07, 6.45) is 5.15. The Bertz CT molecular complexity index is 501. The van der Waals surface area contributed by atoms with E-state index in [1.54, 1.807) is 31.2 Å². The molecule has 80 valence electrons. The molecule has 0 bridgehead atoms. The average molecular weight is 243 g/mol. The molecule has 0 aliphatic carbocycles. The van der Waals surface area contributed by atoms with E-state index in [-0.39, 0.29) is 4.90 Å². The first-order chi connectivity index (χ1) is 6.96. The summed E-state index contributed by atoms with van der Waals surface area (Å²) in [4.78, 5) is 0.148. The molecule has 0 amide bonds. The van der Waals surface area contributed by atoms with Crippen LogP contribution in [0.3, 0.4) is 0 Å². The summed E-state index contributed by atoms with van der Waals surface area (Å²) in [5, 5.41) is 0. The fourth-order valence-electron chi connectivity index (χ4n) is 1.25. The van der Waals surface area contributed by atoms with Gasteiger partial charge in [0.2, 0.25) is 0 Å². The summed E-state index contributed by atoms with van der Waals surface area (Å²) in [5.74, 6) is 0. The predicted octanol–water partition coefficient (Wildman–Crippen LogP) is 3.12. The number of allylic oxidation sites excluding steroid dienone is 2. The minimum absolute atomic E-state index is 0.148. The highest BCUT2D eigenvalue weighted by molar-refractivity contribution is 8.13. The van der Waals surface area contributed by atoms with E-state index in [9.17, 15) is 8.42 Å². The Morgan fingerprint density at radius 2 is 2.07 bits per heavy atom. The third-order valence-corrected chi connectivity index (χ3v) is 3.47. The summed E-state index contributed by atoms with van der Waals surface area (Å²) in [5.41, 5.74) is 1.46. The van der Waals surface area contributed by atoms with Gasteiger partial charge in [-0.25, -0.2) is 8.42 Å². The summed E-state index contributed by atoms with van der Waals surface area (Å²) in [6.45, 7) is 5.27. The van der Waals surface area contributed by atoms with Crippen LogP contribution in [0.25, 0.3) is 6.08 Å². The van der Waals surface area contributed by atoms with Crippen LogP contribution in [-0.2, 0) is 9.05 Å². The number of hydrogen-bond donors (Lipinski definition) is 0. The van der Waals surface area contributed by atoms with Crippen LogP contribution in [-0.4, -0.2) is 8.42 Å². The molecule has 1 aromatic rings. The monoisotopic (exact) mass is 242 g/mol. The molecular formula is C11H11ClO2S. The maximum absolute atomic E-state index is 11.2. The topological polar surface area (TPSA) is 34.1 Å². The minimum atomic E-state index is -3.67.